The number of hydrogen-bond donors (Lipinski definition) is 2. The molecule has 0 spiro atoms. The maximum absolute atomic E-state index is 14.0. The Kier molecular flexibility index (Phi) is 11.4. The Morgan fingerprint density at radius 1 is 1.07 bits per heavy atom. The highest BCUT2D eigenvalue weighted by Crippen LogP contribution is 2.44. The summed E-state index contributed by atoms with van der Waals surface area (Å²) < 4.78 is 37.8. The Hall–Kier alpha value is -3.58. The predicted octanol–water partition coefficient (Wildman–Crippen LogP) is 2.62. The van der Waals surface area contributed by atoms with Crippen molar-refractivity contribution in [2.45, 2.75) is 65.0 Å². The third kappa shape index (κ3) is 8.96. The summed E-state index contributed by atoms with van der Waals surface area (Å²) >= 11 is 0. The number of fused-ring (bicyclic) bond motifs is 1. The Morgan fingerprint density at radius 3 is 2.38 bits per heavy atom. The van der Waals surface area contributed by atoms with Crippen LogP contribution in [0.15, 0.2) is 36.9 Å². The van der Waals surface area contributed by atoms with Gasteiger partial charge in [0.25, 0.3) is 0 Å². The zero-order valence-electron chi connectivity index (χ0n) is 25.0. The lowest BCUT2D eigenvalue weighted by Gasteiger charge is -2.25. The standard InChI is InChI=1S/C27H40N7O7P/c1-17(2)40-26(35)19(4)32-42(37,16-39-18(3)13-34-15-31-23-24(28)29-14-30-25(23)34)41-21-10-8-20(9-11-21)12-22(33(5)6)27(36)38-7/h8-11,14-15,17-19,22H,12-13,16H2,1-7H3,(H,32,37)(H2,28,29,30)/t18-,19+,22+,42-/m1/s1. The molecule has 3 N–H and O–H groups in total. The summed E-state index contributed by atoms with van der Waals surface area (Å²) in [6.07, 6.45) is 2.21. The number of aromatic nitrogens is 4. The molecule has 0 saturated heterocycles. The van der Waals surface area contributed by atoms with Crippen LogP contribution in [0.4, 0.5) is 5.82 Å². The minimum absolute atomic E-state index is 0.269. The second-order valence-corrected chi connectivity index (χ2v) is 12.4. The number of carbonyl (C=O) groups is 2. The number of nitrogens with two attached hydrogens (primary N) is 1. The first-order valence-corrected chi connectivity index (χ1v) is 15.3. The molecule has 2 aromatic heterocycles. The quantitative estimate of drug-likeness (QED) is 0.191. The van der Waals surface area contributed by atoms with E-state index in [-0.39, 0.29) is 24.2 Å². The van der Waals surface area contributed by atoms with E-state index in [9.17, 15) is 14.2 Å². The third-order valence-corrected chi connectivity index (χ3v) is 7.99. The van der Waals surface area contributed by atoms with Crippen LogP contribution in [0.1, 0.15) is 33.3 Å². The number of anilines is 1. The van der Waals surface area contributed by atoms with Crippen LogP contribution in [0.2, 0.25) is 0 Å². The minimum atomic E-state index is -3.80. The predicted molar refractivity (Wildman–Crippen MR) is 157 cm³/mol. The third-order valence-electron chi connectivity index (χ3n) is 6.21. The second-order valence-electron chi connectivity index (χ2n) is 10.4. The van der Waals surface area contributed by atoms with Gasteiger partial charge in [-0.2, -0.15) is 0 Å². The molecule has 3 rings (SSSR count). The molecular weight excluding hydrogens is 565 g/mol. The number of carbonyl (C=O) groups excluding carboxylic acids is 2. The van der Waals surface area contributed by atoms with E-state index in [4.69, 9.17) is 24.5 Å². The highest BCUT2D eigenvalue weighted by Gasteiger charge is 2.32. The molecule has 0 unspecified atom stereocenters. The lowest BCUT2D eigenvalue weighted by molar-refractivity contribution is -0.149. The first-order valence-electron chi connectivity index (χ1n) is 13.4. The number of rotatable bonds is 15. The van der Waals surface area contributed by atoms with Crippen molar-refractivity contribution < 1.29 is 32.9 Å². The molecule has 14 nitrogen and oxygen atoms in total. The Morgan fingerprint density at radius 2 is 1.76 bits per heavy atom. The number of methoxy groups -OCH3 is 1. The van der Waals surface area contributed by atoms with Crippen LogP contribution in [0.5, 0.6) is 5.75 Å². The van der Waals surface area contributed by atoms with E-state index in [1.807, 2.05) is 0 Å². The van der Waals surface area contributed by atoms with Crippen molar-refractivity contribution in [1.29, 1.82) is 0 Å². The average molecular weight is 606 g/mol. The van der Waals surface area contributed by atoms with E-state index < -0.39 is 31.7 Å². The molecular formula is C27H40N7O7P. The lowest BCUT2D eigenvalue weighted by Crippen LogP contribution is -2.38. The van der Waals surface area contributed by atoms with Crippen LogP contribution in [-0.4, -0.2) is 88.2 Å². The molecule has 4 atom stereocenters. The van der Waals surface area contributed by atoms with Gasteiger partial charge in [-0.05, 0) is 65.9 Å². The molecule has 0 amide bonds. The normalized spacial score (nSPS) is 15.3. The Bertz CT molecular complexity index is 1400. The highest BCUT2D eigenvalue weighted by atomic mass is 31.2. The zero-order valence-corrected chi connectivity index (χ0v) is 25.9. The fourth-order valence-corrected chi connectivity index (χ4v) is 5.84. The monoisotopic (exact) mass is 605 g/mol. The van der Waals surface area contributed by atoms with Crippen LogP contribution >= 0.6 is 7.52 Å². The number of nitrogens with zero attached hydrogens (tertiary/aromatic N) is 5. The number of nitrogen functional groups attached to an aromatic ring is 1. The van der Waals surface area contributed by atoms with Gasteiger partial charge in [0, 0.05) is 0 Å². The molecule has 0 aliphatic heterocycles. The number of esters is 2. The number of hydrogen-bond acceptors (Lipinski definition) is 12. The molecule has 0 aliphatic rings. The van der Waals surface area contributed by atoms with Crippen LogP contribution in [0.3, 0.4) is 0 Å². The summed E-state index contributed by atoms with van der Waals surface area (Å²) in [4.78, 5) is 38.8. The van der Waals surface area contributed by atoms with Gasteiger partial charge in [-0.15, -0.1) is 0 Å². The number of ether oxygens (including phenoxy) is 3. The maximum atomic E-state index is 14.0. The fraction of sp³-hybridized carbons (Fsp3) is 0.519. The summed E-state index contributed by atoms with van der Waals surface area (Å²) in [5.41, 5.74) is 7.75. The molecule has 0 fully saturated rings. The van der Waals surface area contributed by atoms with Crippen molar-refractivity contribution in [3.05, 3.63) is 42.5 Å². The minimum Gasteiger partial charge on any atom is -0.468 e. The molecule has 3 aromatic rings. The Labute approximate surface area is 245 Å². The fourth-order valence-electron chi connectivity index (χ4n) is 4.05. The lowest BCUT2D eigenvalue weighted by atomic mass is 10.1. The largest absolute Gasteiger partial charge is 0.468 e. The molecule has 0 radical (unpaired) electrons. The van der Waals surface area contributed by atoms with Crippen LogP contribution in [0.25, 0.3) is 11.2 Å². The molecule has 0 aliphatic carbocycles. The van der Waals surface area contributed by atoms with Gasteiger partial charge in [-0.3, -0.25) is 19.1 Å². The molecule has 2 heterocycles. The van der Waals surface area contributed by atoms with E-state index in [1.54, 1.807) is 81.9 Å². The summed E-state index contributed by atoms with van der Waals surface area (Å²) in [5.74, 6) is -0.355. The summed E-state index contributed by atoms with van der Waals surface area (Å²) in [6, 6.07) is 5.45. The van der Waals surface area contributed by atoms with E-state index in [2.05, 4.69) is 20.0 Å². The van der Waals surface area contributed by atoms with Gasteiger partial charge < -0.3 is 29.0 Å². The number of imidazole rings is 1. The van der Waals surface area contributed by atoms with Crippen molar-refractivity contribution in [2.75, 3.05) is 33.3 Å². The van der Waals surface area contributed by atoms with Crippen molar-refractivity contribution in [3.8, 4) is 5.75 Å². The molecule has 0 bridgehead atoms. The SMILES string of the molecule is COC(=O)[C@H](Cc1ccc(O[P@](=O)(CO[C@H](C)Cn2cnc3c(N)ncnc32)N[C@@H](C)C(=O)OC(C)C)cc1)N(C)C. The molecule has 230 valence electrons. The molecule has 42 heavy (non-hydrogen) atoms. The molecule has 1 aromatic carbocycles. The highest BCUT2D eigenvalue weighted by molar-refractivity contribution is 7.57. The first-order chi connectivity index (χ1) is 19.8. The van der Waals surface area contributed by atoms with Crippen molar-refractivity contribution >= 4 is 36.4 Å². The van der Waals surface area contributed by atoms with Crippen LogP contribution in [0, 0.1) is 0 Å². The van der Waals surface area contributed by atoms with Gasteiger partial charge in [-0.1, -0.05) is 12.1 Å². The van der Waals surface area contributed by atoms with Crippen molar-refractivity contribution in [3.63, 3.8) is 0 Å². The van der Waals surface area contributed by atoms with Crippen molar-refractivity contribution in [1.82, 2.24) is 29.5 Å². The summed E-state index contributed by atoms with van der Waals surface area (Å²) in [5, 5.41) is 2.79. The molecule has 0 saturated carbocycles. The van der Waals surface area contributed by atoms with Gasteiger partial charge in [0.15, 0.2) is 11.5 Å². The first kappa shape index (κ1) is 32.9. The average Bonchev–Trinajstić information content (AvgIpc) is 3.34. The van der Waals surface area contributed by atoms with Crippen LogP contribution in [-0.2, 0) is 41.3 Å². The van der Waals surface area contributed by atoms with Gasteiger partial charge in [0.1, 0.15) is 36.0 Å². The summed E-state index contributed by atoms with van der Waals surface area (Å²) in [7, 11) is 1.15. The topological polar surface area (TPSA) is 173 Å². The van der Waals surface area contributed by atoms with E-state index in [0.29, 0.717) is 29.9 Å². The zero-order chi connectivity index (χ0) is 31.0. The Balaban J connectivity index is 1.74. The maximum Gasteiger partial charge on any atom is 0.342 e. The van der Waals surface area contributed by atoms with Crippen LogP contribution < -0.4 is 15.3 Å². The van der Waals surface area contributed by atoms with E-state index in [0.717, 1.165) is 5.56 Å². The molecule has 15 heteroatoms. The second kappa shape index (κ2) is 14.5. The number of nitrogens with one attached hydrogen (secondary N) is 1. The van der Waals surface area contributed by atoms with E-state index >= 15 is 0 Å². The van der Waals surface area contributed by atoms with Gasteiger partial charge in [-0.25, -0.2) is 20.0 Å². The number of likely N-dealkylation sites (N-methyl/N-ethyl adjacent to an activating group) is 1. The van der Waals surface area contributed by atoms with Gasteiger partial charge in [0.05, 0.1) is 32.2 Å². The number of benzene rings is 1. The smallest absolute Gasteiger partial charge is 0.342 e. The van der Waals surface area contributed by atoms with Gasteiger partial charge in [0.2, 0.25) is 0 Å². The van der Waals surface area contributed by atoms with Crippen molar-refractivity contribution in [2.24, 2.45) is 0 Å². The van der Waals surface area contributed by atoms with Gasteiger partial charge >= 0.3 is 19.5 Å². The summed E-state index contributed by atoms with van der Waals surface area (Å²) in [6.45, 7) is 7.14. The van der Waals surface area contributed by atoms with E-state index in [1.165, 1.54) is 13.4 Å².